The van der Waals surface area contributed by atoms with Gasteiger partial charge in [-0.2, -0.15) is 0 Å². The van der Waals surface area contributed by atoms with Crippen molar-refractivity contribution < 1.29 is 9.84 Å². The lowest BCUT2D eigenvalue weighted by Crippen LogP contribution is -2.33. The van der Waals surface area contributed by atoms with Gasteiger partial charge in [-0.05, 0) is 18.5 Å². The van der Waals surface area contributed by atoms with Crippen LogP contribution in [0.2, 0.25) is 5.15 Å². The maximum absolute atomic E-state index is 10.2. The van der Waals surface area contributed by atoms with Crippen molar-refractivity contribution in [3.8, 4) is 5.75 Å². The molecule has 2 unspecified atom stereocenters. The van der Waals surface area contributed by atoms with Gasteiger partial charge in [-0.1, -0.05) is 23.6 Å². The standard InChI is InChI=1S/C12H16ClN5O2/c1-11(5-16-18-15)6-20-9-7(11)3-8(17-10(9)13)12(2,19)4-14/h3,19H,4-6,14H2,1-2H3. The van der Waals surface area contributed by atoms with Crippen molar-refractivity contribution in [1.82, 2.24) is 4.98 Å². The summed E-state index contributed by atoms with van der Waals surface area (Å²) in [6.45, 7) is 4.07. The van der Waals surface area contributed by atoms with E-state index in [0.717, 1.165) is 5.56 Å². The van der Waals surface area contributed by atoms with Crippen molar-refractivity contribution in [3.05, 3.63) is 32.9 Å². The monoisotopic (exact) mass is 297 g/mol. The molecule has 8 heteroatoms. The summed E-state index contributed by atoms with van der Waals surface area (Å²) < 4.78 is 5.55. The highest BCUT2D eigenvalue weighted by atomic mass is 35.5. The number of aliphatic hydroxyl groups is 1. The number of rotatable bonds is 4. The van der Waals surface area contributed by atoms with Crippen LogP contribution in [0, 0.1) is 0 Å². The number of azide groups is 1. The maximum Gasteiger partial charge on any atom is 0.171 e. The molecule has 0 spiro atoms. The van der Waals surface area contributed by atoms with E-state index in [4.69, 9.17) is 27.6 Å². The van der Waals surface area contributed by atoms with Gasteiger partial charge in [0.1, 0.15) is 5.60 Å². The second-order valence-corrected chi connectivity index (χ2v) is 5.75. The highest BCUT2D eigenvalue weighted by Crippen LogP contribution is 2.43. The lowest BCUT2D eigenvalue weighted by molar-refractivity contribution is 0.0621. The molecule has 1 aromatic rings. The lowest BCUT2D eigenvalue weighted by atomic mass is 9.84. The average Bonchev–Trinajstić information content (AvgIpc) is 2.75. The Hall–Kier alpha value is -1.53. The first-order valence-corrected chi connectivity index (χ1v) is 6.49. The first-order chi connectivity index (χ1) is 9.34. The predicted molar refractivity (Wildman–Crippen MR) is 74.7 cm³/mol. The topological polar surface area (TPSA) is 117 Å². The Balaban J connectivity index is 2.54. The second-order valence-electron chi connectivity index (χ2n) is 5.39. The van der Waals surface area contributed by atoms with Crippen LogP contribution in [-0.2, 0) is 11.0 Å². The molecule has 0 amide bonds. The van der Waals surface area contributed by atoms with Crippen LogP contribution in [0.5, 0.6) is 5.75 Å². The average molecular weight is 298 g/mol. The summed E-state index contributed by atoms with van der Waals surface area (Å²) in [7, 11) is 0. The summed E-state index contributed by atoms with van der Waals surface area (Å²) in [5.41, 5.74) is 13.4. The zero-order valence-corrected chi connectivity index (χ0v) is 12.1. The van der Waals surface area contributed by atoms with Crippen LogP contribution in [0.25, 0.3) is 10.4 Å². The molecule has 7 nitrogen and oxygen atoms in total. The molecule has 0 saturated carbocycles. The number of hydrogen-bond donors (Lipinski definition) is 2. The molecule has 108 valence electrons. The number of fused-ring (bicyclic) bond motifs is 1. The van der Waals surface area contributed by atoms with Gasteiger partial charge >= 0.3 is 0 Å². The van der Waals surface area contributed by atoms with E-state index in [2.05, 4.69) is 15.0 Å². The smallest absolute Gasteiger partial charge is 0.171 e. The van der Waals surface area contributed by atoms with E-state index < -0.39 is 11.0 Å². The lowest BCUT2D eigenvalue weighted by Gasteiger charge is -2.24. The predicted octanol–water partition coefficient (Wildman–Crippen LogP) is 1.86. The van der Waals surface area contributed by atoms with E-state index in [1.807, 2.05) is 6.92 Å². The summed E-state index contributed by atoms with van der Waals surface area (Å²) >= 11 is 6.11. The fourth-order valence-electron chi connectivity index (χ4n) is 2.10. The molecule has 0 fully saturated rings. The fraction of sp³-hybridized carbons (Fsp3) is 0.583. The SMILES string of the molecule is CC(O)(CN)c1cc2c(c(Cl)n1)OCC2(C)CN=[N+]=[N-]. The molecule has 0 saturated heterocycles. The van der Waals surface area contributed by atoms with Gasteiger partial charge < -0.3 is 15.6 Å². The molecule has 3 N–H and O–H groups in total. The van der Waals surface area contributed by atoms with Crippen LogP contribution in [0.3, 0.4) is 0 Å². The van der Waals surface area contributed by atoms with Gasteiger partial charge in [0.25, 0.3) is 0 Å². The summed E-state index contributed by atoms with van der Waals surface area (Å²) in [6, 6.07) is 1.72. The van der Waals surface area contributed by atoms with Gasteiger partial charge in [-0.3, -0.25) is 0 Å². The number of nitrogens with zero attached hydrogens (tertiary/aromatic N) is 4. The van der Waals surface area contributed by atoms with Crippen LogP contribution in [0.15, 0.2) is 11.2 Å². The molecule has 1 aromatic heterocycles. The summed E-state index contributed by atoms with van der Waals surface area (Å²) in [6.07, 6.45) is 0. The molecule has 1 aliphatic rings. The minimum Gasteiger partial charge on any atom is -0.489 e. The molecule has 0 aliphatic carbocycles. The first kappa shape index (κ1) is 14.9. The number of halogens is 1. The van der Waals surface area contributed by atoms with Gasteiger partial charge in [-0.15, -0.1) is 0 Å². The molecule has 0 aromatic carbocycles. The second kappa shape index (κ2) is 5.10. The molecule has 20 heavy (non-hydrogen) atoms. The third-order valence-electron chi connectivity index (χ3n) is 3.55. The van der Waals surface area contributed by atoms with Crippen LogP contribution in [0.1, 0.15) is 25.1 Å². The molecule has 2 atom stereocenters. The molecule has 0 radical (unpaired) electrons. The van der Waals surface area contributed by atoms with E-state index >= 15 is 0 Å². The third kappa shape index (κ3) is 2.41. The summed E-state index contributed by atoms with van der Waals surface area (Å²) in [5.74, 6) is 0.471. The van der Waals surface area contributed by atoms with E-state index in [1.54, 1.807) is 13.0 Å². The van der Waals surface area contributed by atoms with Crippen LogP contribution >= 0.6 is 11.6 Å². The maximum atomic E-state index is 10.2. The first-order valence-electron chi connectivity index (χ1n) is 6.12. The number of aromatic nitrogens is 1. The number of nitrogens with two attached hydrogens (primary N) is 1. The van der Waals surface area contributed by atoms with Crippen molar-refractivity contribution in [1.29, 1.82) is 0 Å². The summed E-state index contributed by atoms with van der Waals surface area (Å²) in [5, 5.41) is 14.0. The molecular formula is C12H16ClN5O2. The van der Waals surface area contributed by atoms with Gasteiger partial charge in [0, 0.05) is 29.0 Å². The molecule has 0 bridgehead atoms. The zero-order valence-electron chi connectivity index (χ0n) is 11.3. The highest BCUT2D eigenvalue weighted by Gasteiger charge is 2.39. The van der Waals surface area contributed by atoms with Crippen LogP contribution in [0.4, 0.5) is 0 Å². The fourth-order valence-corrected chi connectivity index (χ4v) is 2.34. The summed E-state index contributed by atoms with van der Waals surface area (Å²) in [4.78, 5) is 6.92. The Kier molecular flexibility index (Phi) is 3.80. The zero-order chi connectivity index (χ0) is 15.0. The van der Waals surface area contributed by atoms with E-state index in [0.29, 0.717) is 18.1 Å². The quantitative estimate of drug-likeness (QED) is 0.381. The Labute approximate surface area is 121 Å². The normalized spacial score (nSPS) is 23.4. The van der Waals surface area contributed by atoms with Crippen molar-refractivity contribution in [2.75, 3.05) is 19.7 Å². The minimum atomic E-state index is -1.28. The van der Waals surface area contributed by atoms with E-state index in [1.165, 1.54) is 0 Å². The van der Waals surface area contributed by atoms with Crippen molar-refractivity contribution in [2.45, 2.75) is 24.9 Å². The van der Waals surface area contributed by atoms with Gasteiger partial charge in [0.05, 0.1) is 12.3 Å². The van der Waals surface area contributed by atoms with E-state index in [9.17, 15) is 5.11 Å². The van der Waals surface area contributed by atoms with Crippen molar-refractivity contribution in [3.63, 3.8) is 0 Å². The largest absolute Gasteiger partial charge is 0.489 e. The van der Waals surface area contributed by atoms with Crippen LogP contribution < -0.4 is 10.5 Å². The van der Waals surface area contributed by atoms with Gasteiger partial charge in [0.2, 0.25) is 0 Å². The van der Waals surface area contributed by atoms with E-state index in [-0.39, 0.29) is 18.2 Å². The molecule has 1 aliphatic heterocycles. The minimum absolute atomic E-state index is 0.0169. The Morgan fingerprint density at radius 3 is 3.05 bits per heavy atom. The highest BCUT2D eigenvalue weighted by molar-refractivity contribution is 6.31. The number of pyridine rings is 1. The van der Waals surface area contributed by atoms with Gasteiger partial charge in [0.15, 0.2) is 10.9 Å². The third-order valence-corrected chi connectivity index (χ3v) is 3.81. The Morgan fingerprint density at radius 2 is 2.45 bits per heavy atom. The Morgan fingerprint density at radius 1 is 1.75 bits per heavy atom. The van der Waals surface area contributed by atoms with Crippen molar-refractivity contribution >= 4 is 11.6 Å². The molecule has 2 rings (SSSR count). The molecule has 2 heterocycles. The number of ether oxygens (including phenoxy) is 1. The van der Waals surface area contributed by atoms with Crippen LogP contribution in [-0.4, -0.2) is 29.8 Å². The van der Waals surface area contributed by atoms with Gasteiger partial charge in [-0.25, -0.2) is 4.98 Å². The van der Waals surface area contributed by atoms with Crippen molar-refractivity contribution in [2.24, 2.45) is 10.8 Å². The number of hydrogen-bond acceptors (Lipinski definition) is 5. The molecular weight excluding hydrogens is 282 g/mol. The Bertz CT molecular complexity index is 585.